The molecule has 5 heteroatoms. The average molecular weight is 187 g/mol. The van der Waals surface area contributed by atoms with Gasteiger partial charge in [0.25, 0.3) is 0 Å². The lowest BCUT2D eigenvalue weighted by atomic mass is 10.4. The first kappa shape index (κ1) is 8.43. The Morgan fingerprint density at radius 2 is 2.07 bits per heavy atom. The van der Waals surface area contributed by atoms with Crippen LogP contribution in [0.1, 0.15) is 0 Å². The minimum Gasteiger partial charge on any atom is -0.382 e. The molecule has 0 aromatic carbocycles. The van der Waals surface area contributed by atoms with Gasteiger partial charge in [-0.15, -0.1) is 10.2 Å². The fourth-order valence-corrected chi connectivity index (χ4v) is 0.994. The van der Waals surface area contributed by atoms with Gasteiger partial charge in [-0.05, 0) is 24.3 Å². The van der Waals surface area contributed by atoms with E-state index < -0.39 is 0 Å². The molecule has 2 aromatic rings. The number of nitrogens with one attached hydrogen (secondary N) is 1. The SMILES string of the molecule is Nc1ccc(Nc2cccnc2)nn1. The summed E-state index contributed by atoms with van der Waals surface area (Å²) in [6, 6.07) is 7.18. The molecule has 2 rings (SSSR count). The maximum atomic E-state index is 5.41. The minimum absolute atomic E-state index is 0.404. The maximum Gasteiger partial charge on any atom is 0.153 e. The van der Waals surface area contributed by atoms with E-state index in [-0.39, 0.29) is 0 Å². The maximum absolute atomic E-state index is 5.41. The molecule has 3 N–H and O–H groups in total. The highest BCUT2D eigenvalue weighted by atomic mass is 15.2. The number of nitrogens with zero attached hydrogens (tertiary/aromatic N) is 3. The second kappa shape index (κ2) is 3.69. The number of nitrogen functional groups attached to an aromatic ring is 1. The van der Waals surface area contributed by atoms with Gasteiger partial charge in [0.2, 0.25) is 0 Å². The molecule has 0 radical (unpaired) electrons. The molecule has 5 nitrogen and oxygen atoms in total. The number of hydrogen-bond acceptors (Lipinski definition) is 5. The van der Waals surface area contributed by atoms with Crippen LogP contribution < -0.4 is 11.1 Å². The van der Waals surface area contributed by atoms with Crippen LogP contribution in [0.3, 0.4) is 0 Å². The summed E-state index contributed by atoms with van der Waals surface area (Å²) >= 11 is 0. The quantitative estimate of drug-likeness (QED) is 0.738. The first-order chi connectivity index (χ1) is 6.84. The summed E-state index contributed by atoms with van der Waals surface area (Å²) in [5.41, 5.74) is 6.27. The molecule has 0 fully saturated rings. The Hall–Kier alpha value is -2.17. The minimum atomic E-state index is 0.404. The Bertz CT molecular complexity index is 397. The first-order valence-corrected chi connectivity index (χ1v) is 4.11. The van der Waals surface area contributed by atoms with E-state index in [1.54, 1.807) is 24.5 Å². The van der Waals surface area contributed by atoms with Crippen molar-refractivity contribution in [1.29, 1.82) is 0 Å². The lowest BCUT2D eigenvalue weighted by Crippen LogP contribution is -1.97. The Kier molecular flexibility index (Phi) is 2.22. The summed E-state index contributed by atoms with van der Waals surface area (Å²) in [5, 5.41) is 10.6. The van der Waals surface area contributed by atoms with Gasteiger partial charge in [-0.3, -0.25) is 4.98 Å². The van der Waals surface area contributed by atoms with Crippen LogP contribution in [0.15, 0.2) is 36.7 Å². The van der Waals surface area contributed by atoms with Crippen molar-refractivity contribution in [2.24, 2.45) is 0 Å². The van der Waals surface area contributed by atoms with E-state index in [0.717, 1.165) is 5.69 Å². The number of aromatic nitrogens is 3. The Morgan fingerprint density at radius 1 is 1.14 bits per heavy atom. The van der Waals surface area contributed by atoms with Crippen LogP contribution in [0, 0.1) is 0 Å². The molecule has 2 heterocycles. The van der Waals surface area contributed by atoms with Crippen LogP contribution in [0.4, 0.5) is 17.3 Å². The lowest BCUT2D eigenvalue weighted by molar-refractivity contribution is 1.05. The highest BCUT2D eigenvalue weighted by Crippen LogP contribution is 2.11. The van der Waals surface area contributed by atoms with Gasteiger partial charge in [0, 0.05) is 6.20 Å². The molecule has 0 aliphatic heterocycles. The van der Waals surface area contributed by atoms with Crippen molar-refractivity contribution in [2.45, 2.75) is 0 Å². The van der Waals surface area contributed by atoms with Crippen molar-refractivity contribution in [2.75, 3.05) is 11.1 Å². The number of hydrogen-bond donors (Lipinski definition) is 2. The normalized spacial score (nSPS) is 9.71. The third-order valence-corrected chi connectivity index (χ3v) is 1.62. The predicted octanol–water partition coefficient (Wildman–Crippen LogP) is 1.20. The van der Waals surface area contributed by atoms with Gasteiger partial charge < -0.3 is 11.1 Å². The molecular weight excluding hydrogens is 178 g/mol. The lowest BCUT2D eigenvalue weighted by Gasteiger charge is -2.02. The van der Waals surface area contributed by atoms with Crippen molar-refractivity contribution in [1.82, 2.24) is 15.2 Å². The van der Waals surface area contributed by atoms with E-state index in [9.17, 15) is 0 Å². The van der Waals surface area contributed by atoms with Crippen LogP contribution in [0.2, 0.25) is 0 Å². The van der Waals surface area contributed by atoms with E-state index in [0.29, 0.717) is 11.6 Å². The van der Waals surface area contributed by atoms with E-state index in [4.69, 9.17) is 5.73 Å². The summed E-state index contributed by atoms with van der Waals surface area (Å²) in [5.74, 6) is 1.05. The Morgan fingerprint density at radius 3 is 2.71 bits per heavy atom. The summed E-state index contributed by atoms with van der Waals surface area (Å²) < 4.78 is 0. The van der Waals surface area contributed by atoms with Crippen molar-refractivity contribution in [3.63, 3.8) is 0 Å². The molecule has 0 unspecified atom stereocenters. The van der Waals surface area contributed by atoms with Crippen molar-refractivity contribution in [3.8, 4) is 0 Å². The van der Waals surface area contributed by atoms with Crippen LogP contribution in [0.5, 0.6) is 0 Å². The van der Waals surface area contributed by atoms with Gasteiger partial charge in [0.15, 0.2) is 5.82 Å². The number of pyridine rings is 1. The fraction of sp³-hybridized carbons (Fsp3) is 0. The Labute approximate surface area is 81.0 Å². The average Bonchev–Trinajstić information content (AvgIpc) is 2.23. The second-order valence-corrected chi connectivity index (χ2v) is 2.71. The molecule has 2 aromatic heterocycles. The highest BCUT2D eigenvalue weighted by molar-refractivity contribution is 5.54. The van der Waals surface area contributed by atoms with Crippen LogP contribution in [0.25, 0.3) is 0 Å². The third kappa shape index (κ3) is 1.95. The van der Waals surface area contributed by atoms with Crippen molar-refractivity contribution < 1.29 is 0 Å². The zero-order chi connectivity index (χ0) is 9.80. The second-order valence-electron chi connectivity index (χ2n) is 2.71. The summed E-state index contributed by atoms with van der Waals surface area (Å²) in [7, 11) is 0. The molecular formula is C9H9N5. The molecule has 0 aliphatic rings. The fourth-order valence-electron chi connectivity index (χ4n) is 0.994. The van der Waals surface area contributed by atoms with Gasteiger partial charge in [0.05, 0.1) is 11.9 Å². The molecule has 70 valence electrons. The van der Waals surface area contributed by atoms with Gasteiger partial charge in [-0.25, -0.2) is 0 Å². The first-order valence-electron chi connectivity index (χ1n) is 4.11. The summed E-state index contributed by atoms with van der Waals surface area (Å²) in [6.07, 6.45) is 3.41. The third-order valence-electron chi connectivity index (χ3n) is 1.62. The number of rotatable bonds is 2. The van der Waals surface area contributed by atoms with Gasteiger partial charge in [-0.2, -0.15) is 0 Å². The van der Waals surface area contributed by atoms with Crippen LogP contribution >= 0.6 is 0 Å². The smallest absolute Gasteiger partial charge is 0.153 e. The molecule has 0 atom stereocenters. The number of nitrogens with two attached hydrogens (primary N) is 1. The largest absolute Gasteiger partial charge is 0.382 e. The molecule has 0 saturated carbocycles. The number of anilines is 3. The molecule has 0 aliphatic carbocycles. The monoisotopic (exact) mass is 187 g/mol. The summed E-state index contributed by atoms with van der Waals surface area (Å²) in [4.78, 5) is 3.96. The van der Waals surface area contributed by atoms with Crippen molar-refractivity contribution in [3.05, 3.63) is 36.7 Å². The Balaban J connectivity index is 2.16. The van der Waals surface area contributed by atoms with Gasteiger partial charge in [-0.1, -0.05) is 0 Å². The van der Waals surface area contributed by atoms with E-state index in [1.807, 2.05) is 12.1 Å². The van der Waals surface area contributed by atoms with Crippen LogP contribution in [-0.4, -0.2) is 15.2 Å². The van der Waals surface area contributed by atoms with Gasteiger partial charge >= 0.3 is 0 Å². The standard InChI is InChI=1S/C9H9N5/c10-8-3-4-9(14-13-8)12-7-2-1-5-11-6-7/h1-6H,(H2,10,13)(H,12,14). The molecule has 0 amide bonds. The highest BCUT2D eigenvalue weighted by Gasteiger charge is 1.95. The summed E-state index contributed by atoms with van der Waals surface area (Å²) in [6.45, 7) is 0. The molecule has 14 heavy (non-hydrogen) atoms. The van der Waals surface area contributed by atoms with E-state index in [2.05, 4.69) is 20.5 Å². The topological polar surface area (TPSA) is 76.7 Å². The molecule has 0 saturated heterocycles. The zero-order valence-electron chi connectivity index (χ0n) is 7.38. The van der Waals surface area contributed by atoms with Gasteiger partial charge in [0.1, 0.15) is 5.82 Å². The molecule has 0 spiro atoms. The predicted molar refractivity (Wildman–Crippen MR) is 54.0 cm³/mol. The van der Waals surface area contributed by atoms with E-state index in [1.165, 1.54) is 0 Å². The van der Waals surface area contributed by atoms with E-state index >= 15 is 0 Å². The molecule has 0 bridgehead atoms. The zero-order valence-corrected chi connectivity index (χ0v) is 7.38. The van der Waals surface area contributed by atoms with Crippen molar-refractivity contribution >= 4 is 17.3 Å². The van der Waals surface area contributed by atoms with Crippen LogP contribution in [-0.2, 0) is 0 Å².